The van der Waals surface area contributed by atoms with Gasteiger partial charge in [-0.25, -0.2) is 0 Å². The lowest BCUT2D eigenvalue weighted by Crippen LogP contribution is -2.51. The number of piperidine rings is 1. The van der Waals surface area contributed by atoms with Gasteiger partial charge in [0.15, 0.2) is 0 Å². The van der Waals surface area contributed by atoms with E-state index in [-0.39, 0.29) is 0 Å². The second kappa shape index (κ2) is 8.06. The number of ether oxygens (including phenoxy) is 1. The van der Waals surface area contributed by atoms with Crippen LogP contribution in [0, 0.1) is 5.92 Å². The summed E-state index contributed by atoms with van der Waals surface area (Å²) in [4.78, 5) is 2.57. The maximum absolute atomic E-state index is 5.52. The van der Waals surface area contributed by atoms with Crippen LogP contribution >= 0.6 is 0 Å². The van der Waals surface area contributed by atoms with Crippen molar-refractivity contribution in [1.82, 2.24) is 10.2 Å². The summed E-state index contributed by atoms with van der Waals surface area (Å²) in [7, 11) is 0. The zero-order valence-electron chi connectivity index (χ0n) is 12.0. The minimum absolute atomic E-state index is 0.560. The van der Waals surface area contributed by atoms with Gasteiger partial charge in [-0.2, -0.15) is 0 Å². The Morgan fingerprint density at radius 2 is 2.18 bits per heavy atom. The van der Waals surface area contributed by atoms with Crippen LogP contribution in [0.1, 0.15) is 40.5 Å². The lowest BCUT2D eigenvalue weighted by atomic mass is 9.93. The molecule has 0 aromatic heterocycles. The molecular formula is C14H30N2O. The van der Waals surface area contributed by atoms with Gasteiger partial charge in [0.1, 0.15) is 0 Å². The third kappa shape index (κ3) is 4.94. The normalized spacial score (nSPS) is 28.2. The number of rotatable bonds is 7. The van der Waals surface area contributed by atoms with E-state index < -0.39 is 0 Å². The number of nitrogens with one attached hydrogen (secondary N) is 1. The summed E-state index contributed by atoms with van der Waals surface area (Å²) in [5.41, 5.74) is 0. The fraction of sp³-hybridized carbons (Fsp3) is 1.00. The third-order valence-corrected chi connectivity index (χ3v) is 3.78. The maximum atomic E-state index is 5.52. The average molecular weight is 242 g/mol. The van der Waals surface area contributed by atoms with E-state index in [2.05, 4.69) is 37.9 Å². The van der Waals surface area contributed by atoms with Crippen molar-refractivity contribution in [3.05, 3.63) is 0 Å². The van der Waals surface area contributed by atoms with Crippen molar-refractivity contribution < 1.29 is 4.74 Å². The summed E-state index contributed by atoms with van der Waals surface area (Å²) in [6.07, 6.45) is 2.51. The molecule has 3 heteroatoms. The van der Waals surface area contributed by atoms with Crippen molar-refractivity contribution in [3.63, 3.8) is 0 Å². The molecule has 1 fully saturated rings. The maximum Gasteiger partial charge on any atom is 0.0618 e. The smallest absolute Gasteiger partial charge is 0.0618 e. The Morgan fingerprint density at radius 1 is 1.41 bits per heavy atom. The highest BCUT2D eigenvalue weighted by Crippen LogP contribution is 2.19. The highest BCUT2D eigenvalue weighted by Gasteiger charge is 2.27. The first-order valence-corrected chi connectivity index (χ1v) is 7.24. The standard InChI is InChI=1S/C14H30N2O/c1-5-8-15-14-7-9-16(10-12(14)3)13(4)11-17-6-2/h12-15H,5-11H2,1-4H3. The minimum atomic E-state index is 0.560. The summed E-state index contributed by atoms with van der Waals surface area (Å²) in [6, 6.07) is 1.27. The van der Waals surface area contributed by atoms with Crippen LogP contribution < -0.4 is 5.32 Å². The Labute approximate surface area is 107 Å². The van der Waals surface area contributed by atoms with E-state index in [1.54, 1.807) is 0 Å². The van der Waals surface area contributed by atoms with Crippen molar-refractivity contribution in [1.29, 1.82) is 0 Å². The first-order chi connectivity index (χ1) is 8.19. The van der Waals surface area contributed by atoms with Crippen LogP contribution in [0.3, 0.4) is 0 Å². The van der Waals surface area contributed by atoms with Gasteiger partial charge in [0.05, 0.1) is 6.61 Å². The molecule has 1 aliphatic heterocycles. The molecule has 1 heterocycles. The van der Waals surface area contributed by atoms with Gasteiger partial charge >= 0.3 is 0 Å². The predicted molar refractivity (Wildman–Crippen MR) is 73.4 cm³/mol. The average Bonchev–Trinajstić information content (AvgIpc) is 2.34. The Bertz CT molecular complexity index is 199. The molecule has 0 aromatic carbocycles. The number of nitrogens with zero attached hydrogens (tertiary/aromatic N) is 1. The summed E-state index contributed by atoms with van der Waals surface area (Å²) < 4.78 is 5.52. The molecule has 3 unspecified atom stereocenters. The van der Waals surface area contributed by atoms with Crippen LogP contribution in [-0.2, 0) is 4.74 Å². The van der Waals surface area contributed by atoms with Gasteiger partial charge in [0.25, 0.3) is 0 Å². The Morgan fingerprint density at radius 3 is 2.76 bits per heavy atom. The molecule has 0 aliphatic carbocycles. The van der Waals surface area contributed by atoms with E-state index in [1.807, 2.05) is 0 Å². The van der Waals surface area contributed by atoms with Crippen molar-refractivity contribution in [2.75, 3.05) is 32.8 Å². The number of hydrogen-bond donors (Lipinski definition) is 1. The molecule has 102 valence electrons. The van der Waals surface area contributed by atoms with Gasteiger partial charge in [0.2, 0.25) is 0 Å². The predicted octanol–water partition coefficient (Wildman–Crippen LogP) is 2.12. The molecule has 1 rings (SSSR count). The second-order valence-corrected chi connectivity index (χ2v) is 5.33. The summed E-state index contributed by atoms with van der Waals surface area (Å²) in [5, 5.41) is 3.67. The minimum Gasteiger partial charge on any atom is -0.380 e. The topological polar surface area (TPSA) is 24.5 Å². The van der Waals surface area contributed by atoms with Gasteiger partial charge in [-0.3, -0.25) is 4.90 Å². The molecule has 0 spiro atoms. The quantitative estimate of drug-likeness (QED) is 0.740. The number of hydrogen-bond acceptors (Lipinski definition) is 3. The molecule has 1 N–H and O–H groups in total. The van der Waals surface area contributed by atoms with Crippen LogP contribution in [0.4, 0.5) is 0 Å². The van der Waals surface area contributed by atoms with Crippen LogP contribution in [0.25, 0.3) is 0 Å². The largest absolute Gasteiger partial charge is 0.380 e. The molecule has 0 radical (unpaired) electrons. The van der Waals surface area contributed by atoms with Crippen molar-refractivity contribution in [3.8, 4) is 0 Å². The molecule has 3 atom stereocenters. The molecule has 0 bridgehead atoms. The van der Waals surface area contributed by atoms with Crippen LogP contribution in [-0.4, -0.2) is 49.8 Å². The van der Waals surface area contributed by atoms with Crippen LogP contribution in [0.2, 0.25) is 0 Å². The van der Waals surface area contributed by atoms with Crippen molar-refractivity contribution in [2.45, 2.75) is 52.6 Å². The first-order valence-electron chi connectivity index (χ1n) is 7.24. The van der Waals surface area contributed by atoms with E-state index in [9.17, 15) is 0 Å². The fourth-order valence-corrected chi connectivity index (χ4v) is 2.60. The number of likely N-dealkylation sites (tertiary alicyclic amines) is 1. The SMILES string of the molecule is CCCNC1CCN(C(C)COCC)CC1C. The van der Waals surface area contributed by atoms with Gasteiger partial charge < -0.3 is 10.1 Å². The summed E-state index contributed by atoms with van der Waals surface area (Å²) in [5.74, 6) is 0.749. The molecule has 1 saturated heterocycles. The Balaban J connectivity index is 2.30. The van der Waals surface area contributed by atoms with Crippen LogP contribution in [0.5, 0.6) is 0 Å². The molecule has 1 aliphatic rings. The highest BCUT2D eigenvalue weighted by atomic mass is 16.5. The van der Waals surface area contributed by atoms with E-state index in [4.69, 9.17) is 4.74 Å². The third-order valence-electron chi connectivity index (χ3n) is 3.78. The van der Waals surface area contributed by atoms with Gasteiger partial charge in [-0.1, -0.05) is 13.8 Å². The zero-order chi connectivity index (χ0) is 12.7. The van der Waals surface area contributed by atoms with Gasteiger partial charge in [-0.05, 0) is 39.2 Å². The zero-order valence-corrected chi connectivity index (χ0v) is 12.0. The van der Waals surface area contributed by atoms with Crippen molar-refractivity contribution >= 4 is 0 Å². The molecule has 3 nitrogen and oxygen atoms in total. The fourth-order valence-electron chi connectivity index (χ4n) is 2.60. The van der Waals surface area contributed by atoms with Gasteiger partial charge in [0, 0.05) is 31.8 Å². The Hall–Kier alpha value is -0.120. The van der Waals surface area contributed by atoms with E-state index in [1.165, 1.54) is 25.9 Å². The van der Waals surface area contributed by atoms with E-state index in [0.29, 0.717) is 12.1 Å². The molecule has 0 saturated carbocycles. The van der Waals surface area contributed by atoms with Crippen LogP contribution in [0.15, 0.2) is 0 Å². The first kappa shape index (κ1) is 14.9. The second-order valence-electron chi connectivity index (χ2n) is 5.33. The Kier molecular flexibility index (Phi) is 7.09. The molecule has 0 amide bonds. The summed E-state index contributed by atoms with van der Waals surface area (Å²) >= 11 is 0. The monoisotopic (exact) mass is 242 g/mol. The lowest BCUT2D eigenvalue weighted by Gasteiger charge is -2.40. The van der Waals surface area contributed by atoms with E-state index in [0.717, 1.165) is 25.7 Å². The van der Waals surface area contributed by atoms with E-state index >= 15 is 0 Å². The highest BCUT2D eigenvalue weighted by molar-refractivity contribution is 4.84. The lowest BCUT2D eigenvalue weighted by molar-refractivity contribution is 0.0438. The summed E-state index contributed by atoms with van der Waals surface area (Å²) in [6.45, 7) is 14.2. The van der Waals surface area contributed by atoms with Gasteiger partial charge in [-0.15, -0.1) is 0 Å². The molecule has 17 heavy (non-hydrogen) atoms. The molecule has 0 aromatic rings. The molecular weight excluding hydrogens is 212 g/mol. The van der Waals surface area contributed by atoms with Crippen molar-refractivity contribution in [2.24, 2.45) is 5.92 Å².